The molecule has 0 unspecified atom stereocenters. The van der Waals surface area contributed by atoms with E-state index >= 15 is 0 Å². The summed E-state index contributed by atoms with van der Waals surface area (Å²) in [6.07, 6.45) is 4.89. The first-order valence-corrected chi connectivity index (χ1v) is 10.8. The molecule has 4 rings (SSSR count). The van der Waals surface area contributed by atoms with Crippen molar-refractivity contribution in [3.63, 3.8) is 0 Å². The lowest BCUT2D eigenvalue weighted by Crippen LogP contribution is -2.56. The second-order valence-corrected chi connectivity index (χ2v) is 8.45. The molecule has 1 saturated heterocycles. The van der Waals surface area contributed by atoms with Gasteiger partial charge in [-0.1, -0.05) is 31.0 Å². The molecule has 0 radical (unpaired) electrons. The van der Waals surface area contributed by atoms with E-state index in [1.165, 1.54) is 27.1 Å². The first-order valence-electron chi connectivity index (χ1n) is 10.8. The van der Waals surface area contributed by atoms with E-state index < -0.39 is 0 Å². The molecule has 2 heterocycles. The number of nitrogens with zero attached hydrogens (tertiary/aromatic N) is 2. The fourth-order valence-electron chi connectivity index (χ4n) is 4.32. The summed E-state index contributed by atoms with van der Waals surface area (Å²) < 4.78 is 10.4. The molecule has 1 aromatic carbocycles. The molecule has 7 heteroatoms. The van der Waals surface area contributed by atoms with E-state index in [-0.39, 0.29) is 23.2 Å². The Kier molecular flexibility index (Phi) is 6.11. The molecule has 2 aliphatic rings. The van der Waals surface area contributed by atoms with E-state index in [1.807, 2.05) is 35.2 Å². The fourth-order valence-corrected chi connectivity index (χ4v) is 4.32. The third kappa shape index (κ3) is 4.81. The molecule has 0 bridgehead atoms. The van der Waals surface area contributed by atoms with Gasteiger partial charge in [0, 0.05) is 30.3 Å². The Balaban J connectivity index is 1.46. The minimum Gasteiger partial charge on any atom is -0.481 e. The molecule has 0 atom stereocenters. The maximum Gasteiger partial charge on any atom is 0.259 e. The third-order valence-corrected chi connectivity index (χ3v) is 6.27. The molecule has 1 aliphatic carbocycles. The van der Waals surface area contributed by atoms with Crippen molar-refractivity contribution in [1.29, 1.82) is 0 Å². The van der Waals surface area contributed by atoms with Crippen molar-refractivity contribution in [2.45, 2.75) is 37.6 Å². The predicted molar refractivity (Wildman–Crippen MR) is 116 cm³/mol. The molecule has 1 N–H and O–H groups in total. The summed E-state index contributed by atoms with van der Waals surface area (Å²) in [6.45, 7) is 1.16. The molecule has 1 saturated carbocycles. The van der Waals surface area contributed by atoms with Gasteiger partial charge < -0.3 is 19.7 Å². The number of methoxy groups -OCH3 is 2. The molecular formula is C24H29N3O4. The van der Waals surface area contributed by atoms with Crippen molar-refractivity contribution in [3.8, 4) is 11.8 Å². The summed E-state index contributed by atoms with van der Waals surface area (Å²) in [6, 6.07) is 12.7. The number of piperidine rings is 1. The van der Waals surface area contributed by atoms with Gasteiger partial charge in [0.25, 0.3) is 11.8 Å². The molecule has 0 spiro atoms. The minimum absolute atomic E-state index is 0.0398. The second-order valence-electron chi connectivity index (χ2n) is 8.45. The number of carbonyl (C=O) groups excluding carboxylic acids is 2. The van der Waals surface area contributed by atoms with Crippen LogP contribution in [0.4, 0.5) is 0 Å². The first kappa shape index (κ1) is 21.2. The Morgan fingerprint density at radius 2 is 1.77 bits per heavy atom. The van der Waals surface area contributed by atoms with Crippen molar-refractivity contribution in [2.24, 2.45) is 5.92 Å². The Labute approximate surface area is 182 Å². The highest BCUT2D eigenvalue weighted by molar-refractivity contribution is 5.97. The standard InChI is InChI=1S/C24H29N3O4/c1-30-20-11-10-19(22(25-20)31-2)23(29)27-14-12-24(13-15-27,16-17-8-9-17)26-21(28)18-6-4-3-5-7-18/h3-7,10-11,17H,8-9,12-16H2,1-2H3,(H,26,28). The summed E-state index contributed by atoms with van der Waals surface area (Å²) in [4.78, 5) is 32.1. The highest BCUT2D eigenvalue weighted by Gasteiger charge is 2.41. The topological polar surface area (TPSA) is 80.8 Å². The number of carbonyl (C=O) groups is 2. The molecule has 2 fully saturated rings. The van der Waals surface area contributed by atoms with Crippen molar-refractivity contribution < 1.29 is 19.1 Å². The average molecular weight is 424 g/mol. The minimum atomic E-state index is -0.271. The quantitative estimate of drug-likeness (QED) is 0.739. The van der Waals surface area contributed by atoms with Gasteiger partial charge in [-0.15, -0.1) is 0 Å². The Hall–Kier alpha value is -3.09. The second kappa shape index (κ2) is 8.96. The van der Waals surface area contributed by atoms with Crippen LogP contribution in [0.5, 0.6) is 11.8 Å². The number of hydrogen-bond acceptors (Lipinski definition) is 5. The summed E-state index contributed by atoms with van der Waals surface area (Å²) in [5, 5.41) is 3.33. The third-order valence-electron chi connectivity index (χ3n) is 6.27. The van der Waals surface area contributed by atoms with E-state index in [2.05, 4.69) is 10.3 Å². The highest BCUT2D eigenvalue weighted by atomic mass is 16.5. The number of likely N-dealkylation sites (tertiary alicyclic amines) is 1. The first-order chi connectivity index (χ1) is 15.0. The van der Waals surface area contributed by atoms with Gasteiger partial charge in [-0.3, -0.25) is 9.59 Å². The smallest absolute Gasteiger partial charge is 0.259 e. The van der Waals surface area contributed by atoms with Crippen molar-refractivity contribution in [3.05, 3.63) is 53.6 Å². The number of hydrogen-bond donors (Lipinski definition) is 1. The normalized spacial score (nSPS) is 17.7. The van der Waals surface area contributed by atoms with Crippen LogP contribution >= 0.6 is 0 Å². The van der Waals surface area contributed by atoms with Gasteiger partial charge in [0.15, 0.2) is 0 Å². The van der Waals surface area contributed by atoms with Crippen molar-refractivity contribution >= 4 is 11.8 Å². The summed E-state index contributed by atoms with van der Waals surface area (Å²) in [5.41, 5.74) is 0.823. The van der Waals surface area contributed by atoms with Crippen LogP contribution in [0.25, 0.3) is 0 Å². The Morgan fingerprint density at radius 1 is 1.06 bits per heavy atom. The monoisotopic (exact) mass is 423 g/mol. The number of rotatable bonds is 7. The number of amides is 2. The summed E-state index contributed by atoms with van der Waals surface area (Å²) in [7, 11) is 3.02. The molecule has 31 heavy (non-hydrogen) atoms. The van der Waals surface area contributed by atoms with E-state index in [0.717, 1.165) is 19.3 Å². The van der Waals surface area contributed by atoms with Crippen LogP contribution in [0.1, 0.15) is 52.8 Å². The van der Waals surface area contributed by atoms with Crippen LogP contribution in [0.15, 0.2) is 42.5 Å². The van der Waals surface area contributed by atoms with Crippen LogP contribution in [0, 0.1) is 5.92 Å². The molecular weight excluding hydrogens is 394 g/mol. The zero-order chi connectivity index (χ0) is 21.8. The maximum atomic E-state index is 13.1. The van der Waals surface area contributed by atoms with Gasteiger partial charge in [0.05, 0.1) is 14.2 Å². The largest absolute Gasteiger partial charge is 0.481 e. The summed E-state index contributed by atoms with van der Waals surface area (Å²) in [5.74, 6) is 1.18. The van der Waals surface area contributed by atoms with Gasteiger partial charge in [0.2, 0.25) is 11.8 Å². The van der Waals surface area contributed by atoms with Crippen molar-refractivity contribution in [1.82, 2.24) is 15.2 Å². The molecule has 1 aliphatic heterocycles. The number of benzene rings is 1. The summed E-state index contributed by atoms with van der Waals surface area (Å²) >= 11 is 0. The predicted octanol–water partition coefficient (Wildman–Crippen LogP) is 3.30. The molecule has 7 nitrogen and oxygen atoms in total. The lowest BCUT2D eigenvalue weighted by atomic mass is 9.82. The SMILES string of the molecule is COc1ccc(C(=O)N2CCC(CC3CC3)(NC(=O)c3ccccc3)CC2)c(OC)n1. The lowest BCUT2D eigenvalue weighted by molar-refractivity contribution is 0.0597. The molecule has 164 valence electrons. The van der Waals surface area contributed by atoms with Crippen LogP contribution < -0.4 is 14.8 Å². The Bertz CT molecular complexity index is 935. The fraction of sp³-hybridized carbons (Fsp3) is 0.458. The Morgan fingerprint density at radius 3 is 2.39 bits per heavy atom. The van der Waals surface area contributed by atoms with Gasteiger partial charge in [-0.2, -0.15) is 4.98 Å². The van der Waals surface area contributed by atoms with Gasteiger partial charge in [-0.05, 0) is 43.4 Å². The zero-order valence-electron chi connectivity index (χ0n) is 18.1. The highest BCUT2D eigenvalue weighted by Crippen LogP contribution is 2.41. The number of ether oxygens (including phenoxy) is 2. The van der Waals surface area contributed by atoms with Crippen molar-refractivity contribution in [2.75, 3.05) is 27.3 Å². The van der Waals surface area contributed by atoms with Crippen LogP contribution in [0.2, 0.25) is 0 Å². The van der Waals surface area contributed by atoms with Crippen LogP contribution in [0.3, 0.4) is 0 Å². The maximum absolute atomic E-state index is 13.1. The molecule has 2 aromatic rings. The lowest BCUT2D eigenvalue weighted by Gasteiger charge is -2.43. The molecule has 2 amide bonds. The number of pyridine rings is 1. The van der Waals surface area contributed by atoms with E-state index in [0.29, 0.717) is 36.0 Å². The zero-order valence-corrected chi connectivity index (χ0v) is 18.1. The average Bonchev–Trinajstić information content (AvgIpc) is 3.63. The van der Waals surface area contributed by atoms with E-state index in [4.69, 9.17) is 9.47 Å². The molecule has 1 aromatic heterocycles. The number of aromatic nitrogens is 1. The van der Waals surface area contributed by atoms with E-state index in [9.17, 15) is 9.59 Å². The number of nitrogens with one attached hydrogen (secondary N) is 1. The van der Waals surface area contributed by atoms with Gasteiger partial charge in [-0.25, -0.2) is 0 Å². The van der Waals surface area contributed by atoms with E-state index in [1.54, 1.807) is 12.1 Å². The van der Waals surface area contributed by atoms with Crippen LogP contribution in [-0.4, -0.2) is 54.5 Å². The van der Waals surface area contributed by atoms with Crippen LogP contribution in [-0.2, 0) is 0 Å². The van der Waals surface area contributed by atoms with Gasteiger partial charge >= 0.3 is 0 Å². The van der Waals surface area contributed by atoms with Gasteiger partial charge in [0.1, 0.15) is 5.56 Å².